The lowest BCUT2D eigenvalue weighted by atomic mass is 9.55. The molecule has 0 aromatic heterocycles. The van der Waals surface area contributed by atoms with Gasteiger partial charge in [-0.05, 0) is 114 Å². The van der Waals surface area contributed by atoms with Gasteiger partial charge in [-0.2, -0.15) is 0 Å². The number of allylic oxidation sites excluding steroid dienone is 1. The minimum absolute atomic E-state index is 0.00935. The molecule has 6 atom stereocenters. The van der Waals surface area contributed by atoms with Gasteiger partial charge < -0.3 is 43.5 Å². The molecule has 4 aliphatic rings. The summed E-state index contributed by atoms with van der Waals surface area (Å²) >= 11 is 0. The van der Waals surface area contributed by atoms with Crippen molar-refractivity contribution in [1.29, 1.82) is 0 Å². The number of unbranched alkanes of at least 4 members (excludes halogenated alkanes) is 2. The van der Waals surface area contributed by atoms with Crippen molar-refractivity contribution in [2.45, 2.75) is 69.2 Å². The summed E-state index contributed by atoms with van der Waals surface area (Å²) in [5.41, 5.74) is 5.04. The third-order valence-corrected chi connectivity index (χ3v) is 13.7. The topological polar surface area (TPSA) is 181 Å². The second kappa shape index (κ2) is 21.6. The first-order valence-corrected chi connectivity index (χ1v) is 23.8. The van der Waals surface area contributed by atoms with E-state index in [4.69, 9.17) is 38.4 Å². The number of carbonyl (C=O) groups is 1. The molecule has 5 aromatic rings. The number of nitro groups is 1. The monoisotopic (exact) mass is 951 g/mol. The molecular weight excluding hydrogens is 895 g/mol. The van der Waals surface area contributed by atoms with E-state index in [9.17, 15) is 20.3 Å². The van der Waals surface area contributed by atoms with Gasteiger partial charge in [0.05, 0.1) is 23.2 Å². The second-order valence-electron chi connectivity index (χ2n) is 17.9. The maximum absolute atomic E-state index is 15.1. The van der Waals surface area contributed by atoms with E-state index in [1.807, 2.05) is 72.8 Å². The van der Waals surface area contributed by atoms with Crippen LogP contribution in [-0.4, -0.2) is 77.4 Å². The van der Waals surface area contributed by atoms with E-state index in [2.05, 4.69) is 24.8 Å². The highest BCUT2D eigenvalue weighted by molar-refractivity contribution is 6.03. The number of carbonyl (C=O) groups excluding carboxylic acids is 1. The Kier molecular flexibility index (Phi) is 14.8. The van der Waals surface area contributed by atoms with E-state index in [0.717, 1.165) is 47.9 Å². The highest BCUT2D eigenvalue weighted by atomic mass is 16.7. The van der Waals surface area contributed by atoms with Crippen LogP contribution in [0.2, 0.25) is 0 Å². The van der Waals surface area contributed by atoms with Crippen molar-refractivity contribution in [3.63, 3.8) is 0 Å². The lowest BCUT2D eigenvalue weighted by Gasteiger charge is -2.59. The molecule has 2 N–H and O–H groups in total. The number of oxime groups is 1. The summed E-state index contributed by atoms with van der Waals surface area (Å²) in [4.78, 5) is 33.3. The third-order valence-electron chi connectivity index (χ3n) is 13.7. The number of nitro benzene ring substituents is 1. The maximum Gasteiger partial charge on any atom is 0.416 e. The molecule has 364 valence electrons. The van der Waals surface area contributed by atoms with E-state index in [1.165, 1.54) is 31.4 Å². The highest BCUT2D eigenvalue weighted by Gasteiger charge is 2.66. The molecule has 2 aliphatic heterocycles. The van der Waals surface area contributed by atoms with Gasteiger partial charge in [0.15, 0.2) is 11.5 Å². The summed E-state index contributed by atoms with van der Waals surface area (Å²) in [6.45, 7) is 4.24. The molecule has 1 amide bonds. The van der Waals surface area contributed by atoms with E-state index in [-0.39, 0.29) is 68.8 Å². The van der Waals surface area contributed by atoms with Crippen molar-refractivity contribution < 1.29 is 53.2 Å². The van der Waals surface area contributed by atoms with Gasteiger partial charge in [-0.3, -0.25) is 15.0 Å². The van der Waals surface area contributed by atoms with Gasteiger partial charge in [-0.25, -0.2) is 4.79 Å². The molecule has 0 unspecified atom stereocenters. The summed E-state index contributed by atoms with van der Waals surface area (Å²) in [5.74, 6) is 0.437. The van der Waals surface area contributed by atoms with Gasteiger partial charge in [0.2, 0.25) is 12.6 Å². The Bertz CT molecular complexity index is 2710. The Balaban J connectivity index is 1.20. The molecule has 1 saturated carbocycles. The number of hydrogen-bond donors (Lipinski definition) is 2. The Labute approximate surface area is 406 Å². The summed E-state index contributed by atoms with van der Waals surface area (Å²) in [6, 6.07) is 33.7. The van der Waals surface area contributed by atoms with E-state index >= 15 is 4.79 Å². The summed E-state index contributed by atoms with van der Waals surface area (Å²) in [6.07, 6.45) is 7.53. The van der Waals surface area contributed by atoms with Gasteiger partial charge in [-0.1, -0.05) is 78.7 Å². The SMILES string of the molecule is C=CCO[C@@]12Oc3ccc(Oc4ccc(-c5ccccc5)cc4)cc3[C@H]3[C@H](CCCCO)[C@@H](CCCCO)C=C(C(=NOC)C[C@@H]1N(Cc1ccc4c(c1)OCO4)C(=O)Oc1ccc([N+](=O)[O-])cc1)[C@H]32. The number of aliphatic hydroxyl groups excluding tert-OH is 2. The number of non-ortho nitro benzene ring substituents is 1. The molecule has 15 nitrogen and oxygen atoms in total. The number of hydrogen-bond acceptors (Lipinski definition) is 13. The zero-order valence-electron chi connectivity index (χ0n) is 39.0. The Hall–Kier alpha value is -7.20. The maximum atomic E-state index is 15.1. The molecule has 2 aliphatic carbocycles. The van der Waals surface area contributed by atoms with Crippen molar-refractivity contribution in [2.24, 2.45) is 22.9 Å². The van der Waals surface area contributed by atoms with Gasteiger partial charge in [-0.15, -0.1) is 6.58 Å². The second-order valence-corrected chi connectivity index (χ2v) is 17.9. The van der Waals surface area contributed by atoms with Crippen LogP contribution in [0.3, 0.4) is 0 Å². The number of ether oxygens (including phenoxy) is 6. The normalized spacial score (nSPS) is 22.2. The van der Waals surface area contributed by atoms with Crippen LogP contribution in [0.25, 0.3) is 11.1 Å². The van der Waals surface area contributed by atoms with Gasteiger partial charge in [0.25, 0.3) is 5.69 Å². The number of nitrogens with zero attached hydrogens (tertiary/aromatic N) is 3. The van der Waals surface area contributed by atoms with Crippen molar-refractivity contribution in [3.05, 3.63) is 161 Å². The zero-order chi connectivity index (χ0) is 48.6. The molecular formula is C55H57N3O12. The summed E-state index contributed by atoms with van der Waals surface area (Å²) < 4.78 is 38.7. The van der Waals surface area contributed by atoms with Crippen LogP contribution in [0.15, 0.2) is 145 Å². The molecule has 0 radical (unpaired) electrons. The lowest BCUT2D eigenvalue weighted by Crippen LogP contribution is -2.70. The fourth-order valence-corrected chi connectivity index (χ4v) is 10.6. The summed E-state index contributed by atoms with van der Waals surface area (Å²) in [5, 5.41) is 36.3. The minimum Gasteiger partial charge on any atom is -0.459 e. The third kappa shape index (κ3) is 9.95. The number of rotatable bonds is 20. The van der Waals surface area contributed by atoms with Crippen LogP contribution in [0.5, 0.6) is 34.5 Å². The minimum atomic E-state index is -1.60. The molecule has 5 aromatic carbocycles. The Morgan fingerprint density at radius 2 is 1.56 bits per heavy atom. The van der Waals surface area contributed by atoms with Crippen LogP contribution in [0.4, 0.5) is 10.5 Å². The quantitative estimate of drug-likeness (QED) is 0.0327. The van der Waals surface area contributed by atoms with Gasteiger partial charge >= 0.3 is 6.09 Å². The Morgan fingerprint density at radius 3 is 2.29 bits per heavy atom. The van der Waals surface area contributed by atoms with Crippen molar-refractivity contribution in [1.82, 2.24) is 4.90 Å². The predicted molar refractivity (Wildman–Crippen MR) is 261 cm³/mol. The predicted octanol–water partition coefficient (Wildman–Crippen LogP) is 10.7. The van der Waals surface area contributed by atoms with Crippen molar-refractivity contribution in [2.75, 3.05) is 33.7 Å². The van der Waals surface area contributed by atoms with Crippen molar-refractivity contribution in [3.8, 4) is 45.6 Å². The highest BCUT2D eigenvalue weighted by Crippen LogP contribution is 2.62. The molecule has 70 heavy (non-hydrogen) atoms. The first kappa shape index (κ1) is 47.8. The molecule has 0 saturated heterocycles. The largest absolute Gasteiger partial charge is 0.459 e. The van der Waals surface area contributed by atoms with E-state index < -0.39 is 28.8 Å². The molecule has 0 bridgehead atoms. The smallest absolute Gasteiger partial charge is 0.416 e. The number of benzene rings is 5. The Morgan fingerprint density at radius 1 is 0.857 bits per heavy atom. The van der Waals surface area contributed by atoms with Gasteiger partial charge in [0.1, 0.15) is 36.1 Å². The van der Waals surface area contributed by atoms with E-state index in [0.29, 0.717) is 52.9 Å². The summed E-state index contributed by atoms with van der Waals surface area (Å²) in [7, 11) is 1.49. The van der Waals surface area contributed by atoms with E-state index in [1.54, 1.807) is 17.0 Å². The fraction of sp³-hybridized carbons (Fsp3) is 0.345. The van der Waals surface area contributed by atoms with Crippen LogP contribution in [0, 0.1) is 27.9 Å². The van der Waals surface area contributed by atoms with Crippen LogP contribution in [-0.2, 0) is 16.1 Å². The first-order valence-electron chi connectivity index (χ1n) is 23.8. The molecule has 15 heteroatoms. The zero-order valence-corrected chi connectivity index (χ0v) is 39.0. The first-order chi connectivity index (χ1) is 34.2. The van der Waals surface area contributed by atoms with Crippen LogP contribution < -0.4 is 23.7 Å². The van der Waals surface area contributed by atoms with Gasteiger partial charge in [0, 0.05) is 49.8 Å². The number of aliphatic hydroxyl groups is 2. The fourth-order valence-electron chi connectivity index (χ4n) is 10.6. The van der Waals surface area contributed by atoms with Crippen molar-refractivity contribution >= 4 is 17.5 Å². The lowest BCUT2D eigenvalue weighted by molar-refractivity contribution is -0.384. The molecule has 0 spiro atoms. The average Bonchev–Trinajstić information content (AvgIpc) is 3.85. The molecule has 1 fully saturated rings. The molecule has 2 heterocycles. The number of fused-ring (bicyclic) bond motifs is 3. The standard InChI is InChI=1S/C55H57N3O12/c1-3-29-67-55-51(57(34-36-15-25-49-50(30-36)66-35-65-49)54(61)69-42-22-18-40(19-23-42)58(62)63)33-47(56-64-2)45-31-39(13-7-9-27-59)44(14-8-10-28-60)52(53(45)55)46-32-43(24-26-48(46)70-55)68-41-20-16-38(17-21-41)37-11-5-4-6-12-37/h3-6,11-12,15-26,30-32,39,44,51-53,59-60H,1,7-10,13-14,27-29,33-35H2,2H3/t39-,44+,51-,52+,53+,55+/m0/s1. The van der Waals surface area contributed by atoms with Crippen LogP contribution in [0.1, 0.15) is 62.0 Å². The molecule has 9 rings (SSSR count). The van der Waals surface area contributed by atoms with Crippen LogP contribution >= 0.6 is 0 Å². The number of amides is 1. The average molecular weight is 952 g/mol.